The van der Waals surface area contributed by atoms with Crippen molar-refractivity contribution in [1.29, 1.82) is 0 Å². The zero-order valence-corrected chi connectivity index (χ0v) is 16.3. The quantitative estimate of drug-likeness (QED) is 0.287. The van der Waals surface area contributed by atoms with E-state index in [-0.39, 0.29) is 30.5 Å². The van der Waals surface area contributed by atoms with E-state index in [1.165, 1.54) is 6.07 Å². The van der Waals surface area contributed by atoms with Crippen LogP contribution in [0.15, 0.2) is 66.7 Å². The zero-order chi connectivity index (χ0) is 21.3. The van der Waals surface area contributed by atoms with E-state index in [0.29, 0.717) is 24.3 Å². The molecule has 0 heterocycles. The van der Waals surface area contributed by atoms with Gasteiger partial charge in [0.1, 0.15) is 5.69 Å². The highest BCUT2D eigenvalue weighted by molar-refractivity contribution is 5.98. The third-order valence-electron chi connectivity index (χ3n) is 4.51. The fraction of sp³-hybridized carbons (Fsp3) is 0.182. The number of carbonyl (C=O) groups is 2. The Morgan fingerprint density at radius 1 is 0.833 bits per heavy atom. The summed E-state index contributed by atoms with van der Waals surface area (Å²) in [5.41, 5.74) is 0.933. The van der Waals surface area contributed by atoms with Crippen molar-refractivity contribution in [2.45, 2.75) is 6.42 Å². The highest BCUT2D eigenvalue weighted by Gasteiger charge is 2.11. The Labute approximate surface area is 173 Å². The molecule has 2 amide bonds. The van der Waals surface area contributed by atoms with Crippen LogP contribution >= 0.6 is 0 Å². The summed E-state index contributed by atoms with van der Waals surface area (Å²) in [5.74, 6) is -0.440. The Morgan fingerprint density at radius 2 is 1.57 bits per heavy atom. The summed E-state index contributed by atoms with van der Waals surface area (Å²) in [6, 6.07) is 19.6. The number of para-hydroxylation sites is 2. The molecular formula is C22H22N4O4. The minimum Gasteiger partial charge on any atom is -0.378 e. The lowest BCUT2D eigenvalue weighted by Crippen LogP contribution is -2.33. The number of fused-ring (bicyclic) bond motifs is 1. The SMILES string of the molecule is O=C(CCNC(=O)c1ccc2ccccc2c1)NCCNc1ccccc1[N+](=O)[O-]. The summed E-state index contributed by atoms with van der Waals surface area (Å²) in [6.07, 6.45) is 0.144. The summed E-state index contributed by atoms with van der Waals surface area (Å²) in [6.45, 7) is 0.874. The average Bonchev–Trinajstić information content (AvgIpc) is 2.76. The molecule has 3 N–H and O–H groups in total. The molecule has 8 nitrogen and oxygen atoms in total. The topological polar surface area (TPSA) is 113 Å². The molecule has 3 aromatic rings. The molecule has 0 bridgehead atoms. The maximum atomic E-state index is 12.3. The van der Waals surface area contributed by atoms with Gasteiger partial charge in [0.2, 0.25) is 5.91 Å². The lowest BCUT2D eigenvalue weighted by atomic mass is 10.1. The molecule has 3 rings (SSSR count). The minimum atomic E-state index is -0.459. The third-order valence-corrected chi connectivity index (χ3v) is 4.51. The van der Waals surface area contributed by atoms with Crippen molar-refractivity contribution >= 4 is 34.0 Å². The van der Waals surface area contributed by atoms with Gasteiger partial charge in [0.25, 0.3) is 11.6 Å². The van der Waals surface area contributed by atoms with Crippen molar-refractivity contribution in [2.24, 2.45) is 0 Å². The molecule has 0 aliphatic carbocycles. The fourth-order valence-electron chi connectivity index (χ4n) is 2.99. The first kappa shape index (κ1) is 20.8. The molecule has 0 saturated carbocycles. The average molecular weight is 406 g/mol. The van der Waals surface area contributed by atoms with Crippen LogP contribution in [0.5, 0.6) is 0 Å². The van der Waals surface area contributed by atoms with Crippen LogP contribution in [0.1, 0.15) is 16.8 Å². The van der Waals surface area contributed by atoms with Gasteiger partial charge >= 0.3 is 0 Å². The number of rotatable bonds is 9. The molecule has 0 atom stereocenters. The molecule has 0 aliphatic heterocycles. The van der Waals surface area contributed by atoms with Crippen LogP contribution in [0.4, 0.5) is 11.4 Å². The van der Waals surface area contributed by atoms with Gasteiger partial charge in [-0.3, -0.25) is 19.7 Å². The first-order valence-electron chi connectivity index (χ1n) is 9.55. The normalized spacial score (nSPS) is 10.4. The number of hydrogen-bond acceptors (Lipinski definition) is 5. The van der Waals surface area contributed by atoms with Crippen LogP contribution in [0.3, 0.4) is 0 Å². The van der Waals surface area contributed by atoms with Crippen molar-refractivity contribution < 1.29 is 14.5 Å². The second-order valence-electron chi connectivity index (χ2n) is 6.62. The predicted octanol–water partition coefficient (Wildman–Crippen LogP) is 3.10. The van der Waals surface area contributed by atoms with Crippen molar-refractivity contribution in [3.63, 3.8) is 0 Å². The van der Waals surface area contributed by atoms with Gasteiger partial charge in [-0.2, -0.15) is 0 Å². The second-order valence-corrected chi connectivity index (χ2v) is 6.62. The van der Waals surface area contributed by atoms with E-state index in [0.717, 1.165) is 10.8 Å². The Morgan fingerprint density at radius 3 is 2.37 bits per heavy atom. The van der Waals surface area contributed by atoms with E-state index in [1.807, 2.05) is 36.4 Å². The van der Waals surface area contributed by atoms with Gasteiger partial charge in [-0.15, -0.1) is 0 Å². The summed E-state index contributed by atoms with van der Waals surface area (Å²) >= 11 is 0. The second kappa shape index (κ2) is 10.0. The maximum absolute atomic E-state index is 12.3. The Bertz CT molecular complexity index is 1070. The Kier molecular flexibility index (Phi) is 6.94. The Balaban J connectivity index is 1.37. The molecule has 0 aliphatic rings. The van der Waals surface area contributed by atoms with Gasteiger partial charge < -0.3 is 16.0 Å². The van der Waals surface area contributed by atoms with Crippen LogP contribution in [0.25, 0.3) is 10.8 Å². The van der Waals surface area contributed by atoms with Crippen molar-refractivity contribution in [1.82, 2.24) is 10.6 Å². The largest absolute Gasteiger partial charge is 0.378 e. The van der Waals surface area contributed by atoms with Crippen molar-refractivity contribution in [3.8, 4) is 0 Å². The van der Waals surface area contributed by atoms with Crippen molar-refractivity contribution in [3.05, 3.63) is 82.4 Å². The first-order chi connectivity index (χ1) is 14.5. The molecule has 154 valence electrons. The predicted molar refractivity (Wildman–Crippen MR) is 115 cm³/mol. The van der Waals surface area contributed by atoms with Crippen LogP contribution in [0, 0.1) is 10.1 Å². The molecule has 0 aromatic heterocycles. The van der Waals surface area contributed by atoms with Gasteiger partial charge in [-0.25, -0.2) is 0 Å². The number of anilines is 1. The molecule has 30 heavy (non-hydrogen) atoms. The molecule has 3 aromatic carbocycles. The number of nitro groups is 1. The number of nitro benzene ring substituents is 1. The summed E-state index contributed by atoms with van der Waals surface area (Å²) in [5, 5.41) is 21.4. The van der Waals surface area contributed by atoms with Gasteiger partial charge in [-0.05, 0) is 29.0 Å². The van der Waals surface area contributed by atoms with E-state index in [2.05, 4.69) is 16.0 Å². The molecule has 0 fully saturated rings. The van der Waals surface area contributed by atoms with E-state index < -0.39 is 4.92 Å². The summed E-state index contributed by atoms with van der Waals surface area (Å²) in [4.78, 5) is 34.7. The van der Waals surface area contributed by atoms with E-state index in [9.17, 15) is 19.7 Å². The number of hydrogen-bond donors (Lipinski definition) is 3. The van der Waals surface area contributed by atoms with Crippen LogP contribution in [-0.4, -0.2) is 36.4 Å². The minimum absolute atomic E-state index is 0.0137. The maximum Gasteiger partial charge on any atom is 0.292 e. The highest BCUT2D eigenvalue weighted by Crippen LogP contribution is 2.22. The van der Waals surface area contributed by atoms with Gasteiger partial charge in [-0.1, -0.05) is 42.5 Å². The van der Waals surface area contributed by atoms with E-state index in [1.54, 1.807) is 24.3 Å². The summed E-state index contributed by atoms with van der Waals surface area (Å²) in [7, 11) is 0. The van der Waals surface area contributed by atoms with Crippen LogP contribution < -0.4 is 16.0 Å². The van der Waals surface area contributed by atoms with Crippen LogP contribution in [-0.2, 0) is 4.79 Å². The van der Waals surface area contributed by atoms with Crippen LogP contribution in [0.2, 0.25) is 0 Å². The summed E-state index contributed by atoms with van der Waals surface area (Å²) < 4.78 is 0. The molecule has 0 spiro atoms. The van der Waals surface area contributed by atoms with E-state index >= 15 is 0 Å². The number of carbonyl (C=O) groups excluding carboxylic acids is 2. The molecule has 8 heteroatoms. The zero-order valence-electron chi connectivity index (χ0n) is 16.3. The van der Waals surface area contributed by atoms with Crippen molar-refractivity contribution in [2.75, 3.05) is 25.0 Å². The molecule has 0 radical (unpaired) electrons. The lowest BCUT2D eigenvalue weighted by molar-refractivity contribution is -0.384. The number of nitrogens with zero attached hydrogens (tertiary/aromatic N) is 1. The molecule has 0 saturated heterocycles. The molecular weight excluding hydrogens is 384 g/mol. The number of benzene rings is 3. The molecule has 0 unspecified atom stereocenters. The van der Waals surface area contributed by atoms with Gasteiger partial charge in [0, 0.05) is 37.7 Å². The van der Waals surface area contributed by atoms with Gasteiger partial charge in [0.15, 0.2) is 0 Å². The monoisotopic (exact) mass is 406 g/mol. The third kappa shape index (κ3) is 5.54. The highest BCUT2D eigenvalue weighted by atomic mass is 16.6. The lowest BCUT2D eigenvalue weighted by Gasteiger charge is -2.09. The first-order valence-corrected chi connectivity index (χ1v) is 9.55. The number of amides is 2. The smallest absolute Gasteiger partial charge is 0.292 e. The fourth-order valence-corrected chi connectivity index (χ4v) is 2.99. The standard InChI is InChI=1S/C22H22N4O4/c27-21(24-14-13-23-19-7-3-4-8-20(19)26(29)30)11-12-25-22(28)18-10-9-16-5-1-2-6-17(16)15-18/h1-10,15,23H,11-14H2,(H,24,27)(H,25,28). The van der Waals surface area contributed by atoms with Gasteiger partial charge in [0.05, 0.1) is 4.92 Å². The van der Waals surface area contributed by atoms with E-state index in [4.69, 9.17) is 0 Å². The Hall–Kier alpha value is -3.94. The number of nitrogens with one attached hydrogen (secondary N) is 3.